The second-order valence-electron chi connectivity index (χ2n) is 6.59. The zero-order valence-electron chi connectivity index (χ0n) is 14.1. The first-order chi connectivity index (χ1) is 12.3. The monoisotopic (exact) mass is 334 g/mol. The summed E-state index contributed by atoms with van der Waals surface area (Å²) in [6, 6.07) is 14.5. The van der Waals surface area contributed by atoms with Gasteiger partial charge in [0, 0.05) is 49.2 Å². The van der Waals surface area contributed by atoms with Gasteiger partial charge in [0.15, 0.2) is 0 Å². The van der Waals surface area contributed by atoms with Crippen molar-refractivity contribution in [3.05, 3.63) is 66.1 Å². The van der Waals surface area contributed by atoms with E-state index in [0.29, 0.717) is 12.5 Å². The Labute approximate surface area is 147 Å². The number of urea groups is 1. The van der Waals surface area contributed by atoms with Crippen molar-refractivity contribution in [2.45, 2.75) is 25.3 Å². The summed E-state index contributed by atoms with van der Waals surface area (Å²) >= 11 is 0. The largest absolute Gasteiger partial charge is 0.358 e. The fourth-order valence-electron chi connectivity index (χ4n) is 3.50. The lowest BCUT2D eigenvalue weighted by molar-refractivity contribution is 0.180. The summed E-state index contributed by atoms with van der Waals surface area (Å²) in [6.07, 6.45) is 5.48. The lowest BCUT2D eigenvalue weighted by Crippen LogP contribution is -2.43. The van der Waals surface area contributed by atoms with Crippen LogP contribution in [-0.2, 0) is 6.54 Å². The number of pyridine rings is 1. The minimum Gasteiger partial charge on any atom is -0.358 e. The van der Waals surface area contributed by atoms with E-state index in [1.165, 1.54) is 16.6 Å². The van der Waals surface area contributed by atoms with Gasteiger partial charge in [-0.1, -0.05) is 18.2 Å². The number of carbonyl (C=O) groups excluding carboxylic acids is 1. The molecule has 4 rings (SSSR count). The van der Waals surface area contributed by atoms with Crippen molar-refractivity contribution >= 4 is 16.9 Å². The Morgan fingerprint density at radius 1 is 1.16 bits per heavy atom. The molecule has 1 aromatic carbocycles. The average molecular weight is 334 g/mol. The maximum atomic E-state index is 12.3. The number of hydrogen-bond acceptors (Lipinski definition) is 2. The van der Waals surface area contributed by atoms with Crippen molar-refractivity contribution < 1.29 is 4.79 Å². The number of nitrogens with zero attached hydrogens (tertiary/aromatic N) is 2. The number of piperidine rings is 1. The third kappa shape index (κ3) is 3.50. The Morgan fingerprint density at radius 3 is 2.68 bits per heavy atom. The lowest BCUT2D eigenvalue weighted by Gasteiger charge is -2.31. The van der Waals surface area contributed by atoms with E-state index >= 15 is 0 Å². The zero-order valence-corrected chi connectivity index (χ0v) is 14.1. The molecule has 0 atom stereocenters. The molecule has 3 heterocycles. The van der Waals surface area contributed by atoms with E-state index in [2.05, 4.69) is 45.6 Å². The second-order valence-corrected chi connectivity index (χ2v) is 6.59. The second kappa shape index (κ2) is 6.97. The molecule has 0 unspecified atom stereocenters. The van der Waals surface area contributed by atoms with Gasteiger partial charge in [-0.15, -0.1) is 0 Å². The number of likely N-dealkylation sites (tertiary alicyclic amines) is 1. The fourth-order valence-corrected chi connectivity index (χ4v) is 3.50. The molecule has 1 fully saturated rings. The fraction of sp³-hybridized carbons (Fsp3) is 0.300. The van der Waals surface area contributed by atoms with Gasteiger partial charge in [-0.05, 0) is 48.1 Å². The Hall–Kier alpha value is -2.82. The number of rotatable bonds is 3. The van der Waals surface area contributed by atoms with E-state index in [9.17, 15) is 4.79 Å². The molecule has 2 aromatic heterocycles. The summed E-state index contributed by atoms with van der Waals surface area (Å²) in [6.45, 7) is 2.13. The SMILES string of the molecule is O=C(NCc1ccncc1)N1CCC(c2cc3ccccc3[nH]2)CC1. The number of aromatic amines is 1. The minimum atomic E-state index is 0.0203. The van der Waals surface area contributed by atoms with Gasteiger partial charge in [-0.3, -0.25) is 4.98 Å². The van der Waals surface area contributed by atoms with Crippen LogP contribution in [0.15, 0.2) is 54.9 Å². The quantitative estimate of drug-likeness (QED) is 0.768. The summed E-state index contributed by atoms with van der Waals surface area (Å²) in [7, 11) is 0. The van der Waals surface area contributed by atoms with Crippen molar-refractivity contribution in [3.8, 4) is 0 Å². The molecule has 128 valence electrons. The van der Waals surface area contributed by atoms with E-state index in [0.717, 1.165) is 31.5 Å². The molecule has 2 amide bonds. The maximum absolute atomic E-state index is 12.3. The first-order valence-electron chi connectivity index (χ1n) is 8.79. The summed E-state index contributed by atoms with van der Waals surface area (Å²) in [5.74, 6) is 0.497. The molecule has 2 N–H and O–H groups in total. The van der Waals surface area contributed by atoms with Gasteiger partial charge in [-0.25, -0.2) is 4.79 Å². The molecular weight excluding hydrogens is 312 g/mol. The molecule has 1 aliphatic heterocycles. The van der Waals surface area contributed by atoms with Gasteiger partial charge in [0.2, 0.25) is 0 Å². The van der Waals surface area contributed by atoms with Crippen LogP contribution in [0.2, 0.25) is 0 Å². The zero-order chi connectivity index (χ0) is 17.1. The number of fused-ring (bicyclic) bond motifs is 1. The van der Waals surface area contributed by atoms with E-state index in [1.54, 1.807) is 12.4 Å². The highest BCUT2D eigenvalue weighted by molar-refractivity contribution is 5.80. The topological polar surface area (TPSA) is 61.0 Å². The summed E-state index contributed by atoms with van der Waals surface area (Å²) in [4.78, 5) is 21.8. The number of benzene rings is 1. The smallest absolute Gasteiger partial charge is 0.317 e. The van der Waals surface area contributed by atoms with Crippen LogP contribution in [0.4, 0.5) is 4.79 Å². The number of carbonyl (C=O) groups is 1. The first kappa shape index (κ1) is 15.7. The number of H-pyrrole nitrogens is 1. The van der Waals surface area contributed by atoms with Crippen LogP contribution in [-0.4, -0.2) is 34.0 Å². The van der Waals surface area contributed by atoms with Gasteiger partial charge >= 0.3 is 6.03 Å². The number of aromatic nitrogens is 2. The molecule has 5 nitrogen and oxygen atoms in total. The van der Waals surface area contributed by atoms with Crippen LogP contribution in [0.3, 0.4) is 0 Å². The number of para-hydroxylation sites is 1. The summed E-state index contributed by atoms with van der Waals surface area (Å²) in [5.41, 5.74) is 3.55. The molecule has 25 heavy (non-hydrogen) atoms. The van der Waals surface area contributed by atoms with Crippen LogP contribution in [0, 0.1) is 0 Å². The van der Waals surface area contributed by atoms with Crippen LogP contribution < -0.4 is 5.32 Å². The molecule has 5 heteroatoms. The summed E-state index contributed by atoms with van der Waals surface area (Å²) < 4.78 is 0. The molecule has 0 aliphatic carbocycles. The number of hydrogen-bond donors (Lipinski definition) is 2. The van der Waals surface area contributed by atoms with Crippen LogP contribution >= 0.6 is 0 Å². The highest BCUT2D eigenvalue weighted by Gasteiger charge is 2.24. The molecule has 3 aromatic rings. The Balaban J connectivity index is 1.32. The maximum Gasteiger partial charge on any atom is 0.317 e. The number of amides is 2. The highest BCUT2D eigenvalue weighted by Crippen LogP contribution is 2.29. The average Bonchev–Trinajstić information content (AvgIpc) is 3.11. The highest BCUT2D eigenvalue weighted by atomic mass is 16.2. The molecule has 1 aliphatic rings. The summed E-state index contributed by atoms with van der Waals surface area (Å²) in [5, 5.41) is 4.26. The van der Waals surface area contributed by atoms with Gasteiger partial charge in [0.1, 0.15) is 0 Å². The van der Waals surface area contributed by atoms with E-state index < -0.39 is 0 Å². The van der Waals surface area contributed by atoms with E-state index in [4.69, 9.17) is 0 Å². The standard InChI is InChI=1S/C20H22N4O/c25-20(22-14-15-5-9-21-10-6-15)24-11-7-16(8-12-24)19-13-17-3-1-2-4-18(17)23-19/h1-6,9-10,13,16,23H,7-8,11-12,14H2,(H,22,25). The third-order valence-electron chi connectivity index (χ3n) is 4.97. The lowest BCUT2D eigenvalue weighted by atomic mass is 9.94. The molecule has 0 radical (unpaired) electrons. The minimum absolute atomic E-state index is 0.0203. The van der Waals surface area contributed by atoms with Crippen molar-refractivity contribution in [2.75, 3.05) is 13.1 Å². The first-order valence-corrected chi connectivity index (χ1v) is 8.79. The normalized spacial score (nSPS) is 15.4. The van der Waals surface area contributed by atoms with Crippen molar-refractivity contribution in [3.63, 3.8) is 0 Å². The van der Waals surface area contributed by atoms with E-state index in [1.807, 2.05) is 17.0 Å². The van der Waals surface area contributed by atoms with Gasteiger partial charge in [0.25, 0.3) is 0 Å². The van der Waals surface area contributed by atoms with Gasteiger partial charge in [0.05, 0.1) is 0 Å². The molecule has 0 spiro atoms. The Kier molecular flexibility index (Phi) is 4.37. The number of nitrogens with one attached hydrogen (secondary N) is 2. The molecule has 0 bridgehead atoms. The molecule has 1 saturated heterocycles. The van der Waals surface area contributed by atoms with Gasteiger partial charge in [-0.2, -0.15) is 0 Å². The van der Waals surface area contributed by atoms with Crippen LogP contribution in [0.25, 0.3) is 10.9 Å². The van der Waals surface area contributed by atoms with E-state index in [-0.39, 0.29) is 6.03 Å². The van der Waals surface area contributed by atoms with Crippen molar-refractivity contribution in [1.29, 1.82) is 0 Å². The Morgan fingerprint density at radius 2 is 1.92 bits per heavy atom. The van der Waals surface area contributed by atoms with Crippen molar-refractivity contribution in [1.82, 2.24) is 20.2 Å². The van der Waals surface area contributed by atoms with Gasteiger partial charge < -0.3 is 15.2 Å². The predicted molar refractivity (Wildman–Crippen MR) is 98.3 cm³/mol. The third-order valence-corrected chi connectivity index (χ3v) is 4.97. The predicted octanol–water partition coefficient (Wildman–Crippen LogP) is 3.65. The molecule has 0 saturated carbocycles. The van der Waals surface area contributed by atoms with Crippen LogP contribution in [0.5, 0.6) is 0 Å². The Bertz CT molecular complexity index is 817. The van der Waals surface area contributed by atoms with Crippen molar-refractivity contribution in [2.24, 2.45) is 0 Å². The molecular formula is C20H22N4O. The van der Waals surface area contributed by atoms with Crippen LogP contribution in [0.1, 0.15) is 30.0 Å².